The van der Waals surface area contributed by atoms with Crippen LogP contribution in [0.1, 0.15) is 0 Å². The molecule has 0 saturated carbocycles. The Balaban J connectivity index is 0.00000342. The molecule has 0 spiro atoms. The summed E-state index contributed by atoms with van der Waals surface area (Å²) in [5.74, 6) is 0.776. The van der Waals surface area contributed by atoms with E-state index >= 15 is 0 Å². The van der Waals surface area contributed by atoms with Gasteiger partial charge in [-0.3, -0.25) is 14.6 Å². The molecule has 0 unspecified atom stereocenters. The lowest BCUT2D eigenvalue weighted by Crippen LogP contribution is -2.44. The molecule has 3 aromatic rings. The third kappa shape index (κ3) is 6.83. The summed E-state index contributed by atoms with van der Waals surface area (Å²) in [5.41, 5.74) is 0.641. The van der Waals surface area contributed by atoms with Crippen LogP contribution in [0.5, 0.6) is 11.5 Å². The Morgan fingerprint density at radius 3 is 2.57 bits per heavy atom. The quantitative estimate of drug-likeness (QED) is 0.408. The van der Waals surface area contributed by atoms with E-state index in [0.717, 1.165) is 13.1 Å². The van der Waals surface area contributed by atoms with Crippen molar-refractivity contribution in [3.8, 4) is 11.5 Å². The number of carbonyl (C=O) groups is 1. The molecule has 35 heavy (non-hydrogen) atoms. The molecule has 12 heteroatoms. The number of ether oxygens (including phenoxy) is 3. The number of thiazole rings is 1. The molecular weight excluding hydrogens is 514 g/mol. The Hall–Kier alpha value is -2.44. The zero-order chi connectivity index (χ0) is 24.1. The van der Waals surface area contributed by atoms with Gasteiger partial charge in [0.05, 0.1) is 35.4 Å². The number of sulfone groups is 1. The van der Waals surface area contributed by atoms with Crippen LogP contribution in [-0.4, -0.2) is 83.6 Å². The smallest absolute Gasteiger partial charge is 0.266 e. The van der Waals surface area contributed by atoms with E-state index in [-0.39, 0.29) is 29.8 Å². The Kier molecular flexibility index (Phi) is 9.31. The fourth-order valence-corrected chi connectivity index (χ4v) is 5.36. The number of aromatic nitrogens is 1. The highest BCUT2D eigenvalue weighted by Crippen LogP contribution is 2.31. The first-order chi connectivity index (χ1) is 16.3. The van der Waals surface area contributed by atoms with Gasteiger partial charge in [0.1, 0.15) is 0 Å². The van der Waals surface area contributed by atoms with Crippen LogP contribution in [0, 0.1) is 0 Å². The fraction of sp³-hybridized carbons (Fsp3) is 0.391. The molecule has 9 nitrogen and oxygen atoms in total. The van der Waals surface area contributed by atoms with Crippen molar-refractivity contribution in [1.29, 1.82) is 0 Å². The van der Waals surface area contributed by atoms with Gasteiger partial charge in [0.15, 0.2) is 33.1 Å². The molecule has 2 aromatic carbocycles. The van der Waals surface area contributed by atoms with Crippen molar-refractivity contribution in [3.05, 3.63) is 42.5 Å². The van der Waals surface area contributed by atoms with E-state index in [4.69, 9.17) is 14.2 Å². The van der Waals surface area contributed by atoms with E-state index in [9.17, 15) is 13.2 Å². The molecule has 1 fully saturated rings. The molecule has 0 aliphatic carbocycles. The summed E-state index contributed by atoms with van der Waals surface area (Å²) in [6.45, 7) is 3.84. The van der Waals surface area contributed by atoms with Gasteiger partial charge in [0.25, 0.3) is 5.91 Å². The van der Waals surface area contributed by atoms with Crippen molar-refractivity contribution in [2.45, 2.75) is 4.90 Å². The molecule has 1 aliphatic heterocycles. The summed E-state index contributed by atoms with van der Waals surface area (Å²) < 4.78 is 41.1. The van der Waals surface area contributed by atoms with Gasteiger partial charge in [-0.1, -0.05) is 23.5 Å². The fourth-order valence-electron chi connectivity index (χ4n) is 3.59. The summed E-state index contributed by atoms with van der Waals surface area (Å²) >= 11 is 1.29. The summed E-state index contributed by atoms with van der Waals surface area (Å²) in [7, 11) is -1.80. The van der Waals surface area contributed by atoms with Gasteiger partial charge in [0, 0.05) is 32.4 Å². The van der Waals surface area contributed by atoms with E-state index in [1.54, 1.807) is 36.3 Å². The van der Waals surface area contributed by atoms with Crippen molar-refractivity contribution in [2.24, 2.45) is 0 Å². The van der Waals surface area contributed by atoms with Crippen molar-refractivity contribution in [2.75, 3.05) is 64.3 Å². The van der Waals surface area contributed by atoms with Crippen molar-refractivity contribution in [3.63, 3.8) is 0 Å². The van der Waals surface area contributed by atoms with Gasteiger partial charge in [-0.05, 0) is 30.3 Å². The Morgan fingerprint density at radius 2 is 1.89 bits per heavy atom. The van der Waals surface area contributed by atoms with Gasteiger partial charge in [-0.25, -0.2) is 13.4 Å². The van der Waals surface area contributed by atoms with Gasteiger partial charge in [-0.15, -0.1) is 12.4 Å². The first kappa shape index (κ1) is 27.2. The second kappa shape index (κ2) is 12.0. The molecule has 2 heterocycles. The van der Waals surface area contributed by atoms with Crippen molar-refractivity contribution < 1.29 is 27.4 Å². The maximum absolute atomic E-state index is 13.3. The summed E-state index contributed by atoms with van der Waals surface area (Å²) in [6.07, 6.45) is 1.17. The van der Waals surface area contributed by atoms with Crippen LogP contribution in [0.2, 0.25) is 0 Å². The number of carbonyl (C=O) groups excluding carboxylic acids is 1. The molecular formula is C23H28ClN3O6S2. The summed E-state index contributed by atoms with van der Waals surface area (Å²) in [4.78, 5) is 22.0. The average molecular weight is 542 g/mol. The monoisotopic (exact) mass is 541 g/mol. The highest BCUT2D eigenvalue weighted by Gasteiger charge is 2.23. The highest BCUT2D eigenvalue weighted by atomic mass is 35.5. The number of morpholine rings is 1. The lowest BCUT2D eigenvalue weighted by molar-refractivity contribution is -0.120. The van der Waals surface area contributed by atoms with Crippen LogP contribution in [-0.2, 0) is 19.4 Å². The largest absolute Gasteiger partial charge is 0.493 e. The number of amides is 1. The SMILES string of the molecule is COc1ccccc1OCC(=O)N(CCN1CCOCC1)c1nc2ccc(S(C)(=O)=O)cc2s1.Cl. The minimum atomic E-state index is -3.34. The number of anilines is 1. The lowest BCUT2D eigenvalue weighted by Gasteiger charge is -2.29. The Morgan fingerprint density at radius 1 is 1.17 bits per heavy atom. The number of methoxy groups -OCH3 is 1. The molecule has 1 amide bonds. The van der Waals surface area contributed by atoms with E-state index < -0.39 is 9.84 Å². The number of nitrogens with zero attached hydrogens (tertiary/aromatic N) is 3. The van der Waals surface area contributed by atoms with E-state index in [1.165, 1.54) is 23.7 Å². The number of hydrogen-bond acceptors (Lipinski definition) is 9. The third-order valence-electron chi connectivity index (χ3n) is 5.47. The van der Waals surface area contributed by atoms with Gasteiger partial charge in [-0.2, -0.15) is 0 Å². The number of fused-ring (bicyclic) bond motifs is 1. The van der Waals surface area contributed by atoms with E-state index in [0.29, 0.717) is 53.2 Å². The summed E-state index contributed by atoms with van der Waals surface area (Å²) in [6, 6.07) is 12.0. The normalized spacial score (nSPS) is 14.3. The summed E-state index contributed by atoms with van der Waals surface area (Å²) in [5, 5.41) is 0.502. The zero-order valence-electron chi connectivity index (χ0n) is 19.5. The van der Waals surface area contributed by atoms with Crippen LogP contribution < -0.4 is 14.4 Å². The second-order valence-corrected chi connectivity index (χ2v) is 10.9. The molecule has 1 aliphatic rings. The third-order valence-corrected chi connectivity index (χ3v) is 7.62. The number of hydrogen-bond donors (Lipinski definition) is 0. The minimum absolute atomic E-state index is 0. The van der Waals surface area contributed by atoms with Crippen LogP contribution >= 0.6 is 23.7 Å². The zero-order valence-corrected chi connectivity index (χ0v) is 22.0. The lowest BCUT2D eigenvalue weighted by atomic mass is 10.3. The van der Waals surface area contributed by atoms with Crippen LogP contribution in [0.15, 0.2) is 47.4 Å². The van der Waals surface area contributed by atoms with Crippen molar-refractivity contribution >= 4 is 54.8 Å². The molecule has 190 valence electrons. The molecule has 0 bridgehead atoms. The topological polar surface area (TPSA) is 98.3 Å². The van der Waals surface area contributed by atoms with Gasteiger partial charge < -0.3 is 14.2 Å². The van der Waals surface area contributed by atoms with E-state index in [2.05, 4.69) is 9.88 Å². The standard InChI is InChI=1S/C23H27N3O6S2.ClH/c1-30-19-5-3-4-6-20(19)32-16-22(27)26(10-9-25-11-13-31-14-12-25)23-24-18-8-7-17(34(2,28)29)15-21(18)33-23;/h3-8,15H,9-14,16H2,1-2H3;1H. The molecule has 1 saturated heterocycles. The molecule has 4 rings (SSSR count). The molecule has 1 aromatic heterocycles. The number of para-hydroxylation sites is 2. The number of benzene rings is 2. The maximum atomic E-state index is 13.3. The first-order valence-electron chi connectivity index (χ1n) is 10.8. The van der Waals surface area contributed by atoms with Crippen LogP contribution in [0.3, 0.4) is 0 Å². The van der Waals surface area contributed by atoms with Gasteiger partial charge >= 0.3 is 0 Å². The number of halogens is 1. The van der Waals surface area contributed by atoms with Crippen molar-refractivity contribution in [1.82, 2.24) is 9.88 Å². The molecule has 0 atom stereocenters. The number of rotatable bonds is 9. The maximum Gasteiger partial charge on any atom is 0.266 e. The molecule has 0 radical (unpaired) electrons. The van der Waals surface area contributed by atoms with Crippen LogP contribution in [0.4, 0.5) is 5.13 Å². The van der Waals surface area contributed by atoms with E-state index in [1.807, 2.05) is 12.1 Å². The Labute approximate surface area is 214 Å². The average Bonchev–Trinajstić information content (AvgIpc) is 3.26. The predicted molar refractivity (Wildman–Crippen MR) is 138 cm³/mol. The second-order valence-electron chi connectivity index (χ2n) is 7.84. The van der Waals surface area contributed by atoms with Crippen LogP contribution in [0.25, 0.3) is 10.2 Å². The molecule has 0 N–H and O–H groups in total. The highest BCUT2D eigenvalue weighted by molar-refractivity contribution is 7.90. The van der Waals surface area contributed by atoms with Gasteiger partial charge in [0.2, 0.25) is 0 Å². The minimum Gasteiger partial charge on any atom is -0.493 e. The predicted octanol–water partition coefficient (Wildman–Crippen LogP) is 2.87. The first-order valence-corrected chi connectivity index (χ1v) is 13.5. The Bertz CT molecular complexity index is 1260.